The Kier molecular flexibility index (Phi) is 14.3. The molecule has 0 N–H and O–H groups in total. The number of hydrogen-bond donors (Lipinski definition) is 0. The van der Waals surface area contributed by atoms with Crippen LogP contribution in [0.4, 0.5) is 0 Å². The lowest BCUT2D eigenvalue weighted by atomic mass is 9.59. The largest absolute Gasteiger partial charge is 0.463 e. The van der Waals surface area contributed by atoms with Crippen molar-refractivity contribution in [2.45, 2.75) is 155 Å². The van der Waals surface area contributed by atoms with Gasteiger partial charge in [-0.3, -0.25) is 9.59 Å². The minimum absolute atomic E-state index is 0.00917. The molecule has 0 amide bonds. The van der Waals surface area contributed by atoms with Gasteiger partial charge in [0.25, 0.3) is 0 Å². The molecule has 0 aliphatic heterocycles. The van der Waals surface area contributed by atoms with Crippen molar-refractivity contribution < 1.29 is 28.5 Å². The summed E-state index contributed by atoms with van der Waals surface area (Å²) in [6.07, 6.45) is 4.39. The third-order valence-electron chi connectivity index (χ3n) is 9.09. The van der Waals surface area contributed by atoms with Gasteiger partial charge in [0, 0.05) is 6.42 Å². The van der Waals surface area contributed by atoms with Gasteiger partial charge in [0.2, 0.25) is 0 Å². The van der Waals surface area contributed by atoms with E-state index in [4.69, 9.17) is 18.9 Å². The highest BCUT2D eigenvalue weighted by Gasteiger charge is 2.50. The van der Waals surface area contributed by atoms with E-state index in [0.29, 0.717) is 32.7 Å². The van der Waals surface area contributed by atoms with Crippen molar-refractivity contribution in [1.82, 2.24) is 0 Å². The summed E-state index contributed by atoms with van der Waals surface area (Å²) >= 11 is 0. The lowest BCUT2D eigenvalue weighted by Crippen LogP contribution is -2.47. The van der Waals surface area contributed by atoms with Crippen LogP contribution in [0, 0.1) is 32.5 Å². The molecule has 2 atom stereocenters. The first kappa shape index (κ1) is 41.6. The number of carbonyl (C=O) groups excluding carboxylic acids is 2. The zero-order valence-electron chi connectivity index (χ0n) is 31.4. The van der Waals surface area contributed by atoms with Crippen LogP contribution in [0.3, 0.4) is 0 Å². The number of esters is 2. The average Bonchev–Trinajstić information content (AvgIpc) is 2.74. The summed E-state index contributed by atoms with van der Waals surface area (Å²) < 4.78 is 23.7. The van der Waals surface area contributed by atoms with Crippen LogP contribution in [0.15, 0.2) is 12.7 Å². The van der Waals surface area contributed by atoms with Gasteiger partial charge in [0.1, 0.15) is 12.2 Å². The van der Waals surface area contributed by atoms with E-state index in [-0.39, 0.29) is 40.2 Å². The lowest BCUT2D eigenvalue weighted by molar-refractivity contribution is -0.181. The molecule has 0 aromatic heterocycles. The van der Waals surface area contributed by atoms with Crippen LogP contribution in [-0.2, 0) is 28.5 Å². The summed E-state index contributed by atoms with van der Waals surface area (Å²) in [4.78, 5) is 27.0. The van der Waals surface area contributed by atoms with Gasteiger partial charge in [-0.2, -0.15) is 0 Å². The number of carbonyl (C=O) groups is 2. The summed E-state index contributed by atoms with van der Waals surface area (Å²) in [5, 5.41) is 0. The van der Waals surface area contributed by atoms with E-state index >= 15 is 0 Å². The topological polar surface area (TPSA) is 71.1 Å². The van der Waals surface area contributed by atoms with Gasteiger partial charge in [-0.25, -0.2) is 0 Å². The molecule has 2 unspecified atom stereocenters. The Bertz CT molecular complexity index is 909. The Morgan fingerprint density at radius 1 is 0.605 bits per heavy atom. The second-order valence-corrected chi connectivity index (χ2v) is 18.4. The third kappa shape index (κ3) is 13.6. The maximum atomic E-state index is 13.6. The molecule has 0 bridgehead atoms. The van der Waals surface area contributed by atoms with Crippen LogP contribution in [0.1, 0.15) is 143 Å². The highest BCUT2D eigenvalue weighted by Crippen LogP contribution is 2.50. The van der Waals surface area contributed by atoms with Crippen molar-refractivity contribution in [3.63, 3.8) is 0 Å². The van der Waals surface area contributed by atoms with Crippen molar-refractivity contribution in [2.75, 3.05) is 26.4 Å². The monoisotopic (exact) mass is 611 g/mol. The molecule has 0 aliphatic carbocycles. The summed E-state index contributed by atoms with van der Waals surface area (Å²) in [5.74, 6) is -0.354. The fraction of sp³-hybridized carbons (Fsp3) is 0.892. The first-order chi connectivity index (χ1) is 18.9. The molecule has 6 nitrogen and oxygen atoms in total. The Morgan fingerprint density at radius 2 is 1.09 bits per heavy atom. The number of hydrogen-bond acceptors (Lipinski definition) is 6. The van der Waals surface area contributed by atoms with Crippen molar-refractivity contribution in [3.05, 3.63) is 12.7 Å². The molecule has 0 saturated heterocycles. The third-order valence-corrected chi connectivity index (χ3v) is 9.09. The number of ether oxygens (including phenoxy) is 4. The van der Waals surface area contributed by atoms with Crippen LogP contribution >= 0.6 is 0 Å². The molecule has 43 heavy (non-hydrogen) atoms. The van der Waals surface area contributed by atoms with Gasteiger partial charge >= 0.3 is 11.9 Å². The lowest BCUT2D eigenvalue weighted by Gasteiger charge is -2.46. The van der Waals surface area contributed by atoms with Crippen LogP contribution < -0.4 is 0 Å². The fourth-order valence-corrected chi connectivity index (χ4v) is 6.08. The summed E-state index contributed by atoms with van der Waals surface area (Å²) in [5.41, 5.74) is -3.21. The second kappa shape index (κ2) is 14.8. The zero-order valence-corrected chi connectivity index (χ0v) is 31.4. The molecular formula is C37H70O6. The Morgan fingerprint density at radius 3 is 1.53 bits per heavy atom. The van der Waals surface area contributed by atoms with E-state index in [1.165, 1.54) is 0 Å². The van der Waals surface area contributed by atoms with E-state index in [9.17, 15) is 9.59 Å². The smallest absolute Gasteiger partial charge is 0.312 e. The van der Waals surface area contributed by atoms with Gasteiger partial charge in [-0.05, 0) is 82.5 Å². The molecule has 0 aromatic rings. The zero-order chi connectivity index (χ0) is 34.3. The van der Waals surface area contributed by atoms with E-state index in [1.54, 1.807) is 6.08 Å². The van der Waals surface area contributed by atoms with Gasteiger partial charge in [-0.15, -0.1) is 6.58 Å². The molecule has 0 fully saturated rings. The Hall–Kier alpha value is -1.40. The summed E-state index contributed by atoms with van der Waals surface area (Å²) in [6, 6.07) is 0. The molecule has 0 saturated carbocycles. The summed E-state index contributed by atoms with van der Waals surface area (Å²) in [7, 11) is 0. The van der Waals surface area contributed by atoms with Gasteiger partial charge in [-0.1, -0.05) is 82.2 Å². The molecule has 0 spiro atoms. The molecule has 6 heteroatoms. The fourth-order valence-electron chi connectivity index (χ4n) is 6.08. The molecule has 0 aliphatic rings. The van der Waals surface area contributed by atoms with Crippen molar-refractivity contribution >= 4 is 11.9 Å². The number of rotatable bonds is 17. The molecule has 0 heterocycles. The second-order valence-electron chi connectivity index (χ2n) is 18.4. The predicted octanol–water partition coefficient (Wildman–Crippen LogP) is 9.59. The molecule has 0 rings (SSSR count). The van der Waals surface area contributed by atoms with Gasteiger partial charge in [0.05, 0.1) is 36.3 Å². The average molecular weight is 611 g/mol. The van der Waals surface area contributed by atoms with E-state index < -0.39 is 22.0 Å². The van der Waals surface area contributed by atoms with Crippen molar-refractivity contribution in [2.24, 2.45) is 32.5 Å². The highest BCUT2D eigenvalue weighted by atomic mass is 16.6. The molecule has 0 radical (unpaired) electrons. The molecular weight excluding hydrogens is 540 g/mol. The van der Waals surface area contributed by atoms with Crippen molar-refractivity contribution in [1.29, 1.82) is 0 Å². The predicted molar refractivity (Wildman–Crippen MR) is 179 cm³/mol. The standard InChI is InChI=1S/C37H70O6/c1-19-21-40-23-24-41-28(38)37(18,32(8,9)10)27-33(11,12)26-35(15,16)42-22-20-34(13,14)43-29(39)36(17,31(5,6)7)25-30(2,3)4/h19H,1,20-27H2,2-18H3. The summed E-state index contributed by atoms with van der Waals surface area (Å²) in [6.45, 7) is 40.8. The first-order valence-electron chi connectivity index (χ1n) is 16.2. The maximum absolute atomic E-state index is 13.6. The van der Waals surface area contributed by atoms with Crippen LogP contribution in [0.5, 0.6) is 0 Å². The SMILES string of the molecule is C=CCOCCOC(=O)C(C)(CC(C)(C)CC(C)(C)OCCC(C)(C)OC(=O)C(C)(CC(C)(C)C)C(C)(C)C)C(C)(C)C. The minimum Gasteiger partial charge on any atom is -0.463 e. The Balaban J connectivity index is 5.44. The van der Waals surface area contributed by atoms with Crippen LogP contribution in [-0.4, -0.2) is 49.6 Å². The van der Waals surface area contributed by atoms with Gasteiger partial charge in [0.15, 0.2) is 0 Å². The van der Waals surface area contributed by atoms with E-state index in [0.717, 1.165) is 12.8 Å². The van der Waals surface area contributed by atoms with Crippen LogP contribution in [0.25, 0.3) is 0 Å². The van der Waals surface area contributed by atoms with E-state index in [1.807, 2.05) is 27.7 Å². The first-order valence-corrected chi connectivity index (χ1v) is 16.2. The van der Waals surface area contributed by atoms with E-state index in [2.05, 4.69) is 96.6 Å². The van der Waals surface area contributed by atoms with Gasteiger partial charge < -0.3 is 18.9 Å². The Labute approximate surface area is 266 Å². The normalized spacial score (nSPS) is 16.7. The highest BCUT2D eigenvalue weighted by molar-refractivity contribution is 5.78. The molecule has 254 valence electrons. The maximum Gasteiger partial charge on any atom is 0.312 e. The van der Waals surface area contributed by atoms with Crippen LogP contribution in [0.2, 0.25) is 0 Å². The quantitative estimate of drug-likeness (QED) is 0.0928. The van der Waals surface area contributed by atoms with Crippen molar-refractivity contribution in [3.8, 4) is 0 Å². The minimum atomic E-state index is -0.700. The molecule has 0 aromatic carbocycles.